The van der Waals surface area contributed by atoms with E-state index >= 15 is 0 Å². The zero-order chi connectivity index (χ0) is 26.5. The molecule has 0 heterocycles. The van der Waals surface area contributed by atoms with Crippen LogP contribution in [-0.2, 0) is 38.6 Å². The number of ether oxygens (including phenoxy) is 3. The molecule has 0 aliphatic rings. The molecule has 3 aromatic rings. The molecular formula is C28H30N2O7. The van der Waals surface area contributed by atoms with Crippen LogP contribution in [-0.4, -0.2) is 47.0 Å². The molecular weight excluding hydrogens is 476 g/mol. The van der Waals surface area contributed by atoms with E-state index in [0.717, 1.165) is 10.6 Å². The minimum atomic E-state index is -1.78. The van der Waals surface area contributed by atoms with Gasteiger partial charge >= 0.3 is 18.2 Å². The highest BCUT2D eigenvalue weighted by molar-refractivity contribution is 5.78. The van der Waals surface area contributed by atoms with Gasteiger partial charge in [0.2, 0.25) is 0 Å². The number of amides is 2. The molecule has 0 aliphatic heterocycles. The van der Waals surface area contributed by atoms with Gasteiger partial charge in [0.05, 0.1) is 12.6 Å². The van der Waals surface area contributed by atoms with E-state index in [2.05, 4.69) is 5.43 Å². The minimum absolute atomic E-state index is 0.0141. The number of hydrogen-bond donors (Lipinski definition) is 2. The van der Waals surface area contributed by atoms with Gasteiger partial charge in [-0.1, -0.05) is 91.0 Å². The topological polar surface area (TPSA) is 114 Å². The van der Waals surface area contributed by atoms with Crippen LogP contribution in [0.1, 0.15) is 23.6 Å². The molecule has 3 rings (SSSR count). The number of esters is 1. The van der Waals surface area contributed by atoms with E-state index in [1.165, 1.54) is 0 Å². The number of rotatable bonds is 10. The maximum Gasteiger partial charge on any atom is 0.429 e. The summed E-state index contributed by atoms with van der Waals surface area (Å²) in [6.45, 7) is 1.48. The summed E-state index contributed by atoms with van der Waals surface area (Å²) in [6.07, 6.45) is -3.71. The number of aliphatic hydroxyl groups excluding tert-OH is 1. The van der Waals surface area contributed by atoms with E-state index in [1.54, 1.807) is 79.7 Å². The Morgan fingerprint density at radius 2 is 1.24 bits per heavy atom. The average molecular weight is 507 g/mol. The first-order valence-electron chi connectivity index (χ1n) is 11.8. The third kappa shape index (κ3) is 8.66. The van der Waals surface area contributed by atoms with Gasteiger partial charge in [0.25, 0.3) is 0 Å². The number of aliphatic hydroxyl groups is 1. The molecule has 0 fully saturated rings. The lowest BCUT2D eigenvalue weighted by Gasteiger charge is -2.32. The lowest BCUT2D eigenvalue weighted by atomic mass is 10.0. The van der Waals surface area contributed by atoms with E-state index in [0.29, 0.717) is 11.1 Å². The van der Waals surface area contributed by atoms with Gasteiger partial charge < -0.3 is 19.3 Å². The van der Waals surface area contributed by atoms with Crippen molar-refractivity contribution in [3.05, 3.63) is 108 Å². The fourth-order valence-electron chi connectivity index (χ4n) is 3.49. The fraction of sp³-hybridized carbons (Fsp3) is 0.250. The fourth-order valence-corrected chi connectivity index (χ4v) is 3.49. The second-order valence-electron chi connectivity index (χ2n) is 8.04. The third-order valence-electron chi connectivity index (χ3n) is 5.34. The quantitative estimate of drug-likeness (QED) is 0.243. The number of hydrogen-bond acceptors (Lipinski definition) is 7. The van der Waals surface area contributed by atoms with Gasteiger partial charge in [0.1, 0.15) is 13.2 Å². The number of carbonyl (C=O) groups excluding carboxylic acids is 3. The van der Waals surface area contributed by atoms with Crippen LogP contribution < -0.4 is 5.43 Å². The summed E-state index contributed by atoms with van der Waals surface area (Å²) in [6, 6.07) is 25.6. The van der Waals surface area contributed by atoms with Crippen LogP contribution in [0.15, 0.2) is 91.0 Å². The molecule has 194 valence electrons. The molecule has 0 saturated heterocycles. The third-order valence-corrected chi connectivity index (χ3v) is 5.34. The molecule has 9 heteroatoms. The molecule has 0 unspecified atom stereocenters. The highest BCUT2D eigenvalue weighted by Gasteiger charge is 2.37. The SMILES string of the molecule is CCOC(=O)[C@H](O)[C@H](Cc1ccccc1)N(NC(=O)OCc1ccccc1)C(=O)OCc1ccccc1. The molecule has 2 atom stereocenters. The number of nitrogens with one attached hydrogen (secondary N) is 1. The summed E-state index contributed by atoms with van der Waals surface area (Å²) >= 11 is 0. The smallest absolute Gasteiger partial charge is 0.429 e. The summed E-state index contributed by atoms with van der Waals surface area (Å²) in [4.78, 5) is 38.4. The van der Waals surface area contributed by atoms with Gasteiger partial charge in [-0.15, -0.1) is 0 Å². The Bertz CT molecular complexity index is 1130. The molecule has 0 aromatic heterocycles. The van der Waals surface area contributed by atoms with Gasteiger partial charge in [-0.05, 0) is 30.0 Å². The van der Waals surface area contributed by atoms with Crippen molar-refractivity contribution >= 4 is 18.2 Å². The van der Waals surface area contributed by atoms with E-state index < -0.39 is 30.3 Å². The first kappa shape index (κ1) is 27.2. The molecule has 0 aliphatic carbocycles. The van der Waals surface area contributed by atoms with E-state index in [4.69, 9.17) is 14.2 Å². The average Bonchev–Trinajstić information content (AvgIpc) is 2.94. The molecule has 0 spiro atoms. The number of carbonyl (C=O) groups is 3. The predicted molar refractivity (Wildman–Crippen MR) is 135 cm³/mol. The Morgan fingerprint density at radius 1 is 0.757 bits per heavy atom. The number of benzene rings is 3. The number of hydrazine groups is 1. The zero-order valence-corrected chi connectivity index (χ0v) is 20.5. The van der Waals surface area contributed by atoms with Crippen molar-refractivity contribution < 1.29 is 33.7 Å². The summed E-state index contributed by atoms with van der Waals surface area (Å²) < 4.78 is 15.7. The van der Waals surface area contributed by atoms with Crippen molar-refractivity contribution in [3.63, 3.8) is 0 Å². The van der Waals surface area contributed by atoms with Crippen molar-refractivity contribution in [1.29, 1.82) is 0 Å². The summed E-state index contributed by atoms with van der Waals surface area (Å²) in [5.74, 6) is -0.941. The van der Waals surface area contributed by atoms with Crippen LogP contribution in [0.4, 0.5) is 9.59 Å². The Balaban J connectivity index is 1.83. The zero-order valence-electron chi connectivity index (χ0n) is 20.5. The molecule has 37 heavy (non-hydrogen) atoms. The van der Waals surface area contributed by atoms with E-state index in [-0.39, 0.29) is 26.2 Å². The standard InChI is InChI=1S/C28H30N2O7/c1-2-35-26(32)25(31)24(18-21-12-6-3-7-13-21)30(28(34)37-20-23-16-10-5-11-17-23)29-27(33)36-19-22-14-8-4-9-15-22/h3-17,24-25,31H,2,18-20H2,1H3,(H,29,33)/t24-,25+/m0/s1. The summed E-state index contributed by atoms with van der Waals surface area (Å²) in [7, 11) is 0. The summed E-state index contributed by atoms with van der Waals surface area (Å²) in [5, 5.41) is 11.7. The van der Waals surface area contributed by atoms with Crippen molar-refractivity contribution in [2.75, 3.05) is 6.61 Å². The van der Waals surface area contributed by atoms with Crippen LogP contribution in [0, 0.1) is 0 Å². The molecule has 9 nitrogen and oxygen atoms in total. The maximum atomic E-state index is 13.2. The van der Waals surface area contributed by atoms with Crippen molar-refractivity contribution in [3.8, 4) is 0 Å². The molecule has 0 radical (unpaired) electrons. The van der Waals surface area contributed by atoms with Gasteiger partial charge in [-0.2, -0.15) is 0 Å². The minimum Gasteiger partial charge on any atom is -0.464 e. The van der Waals surface area contributed by atoms with Crippen molar-refractivity contribution in [2.24, 2.45) is 0 Å². The first-order valence-corrected chi connectivity index (χ1v) is 11.8. The van der Waals surface area contributed by atoms with Crippen LogP contribution in [0.3, 0.4) is 0 Å². The van der Waals surface area contributed by atoms with Gasteiger partial charge in [-0.25, -0.2) is 24.8 Å². The second kappa shape index (κ2) is 14.3. The molecule has 2 amide bonds. The van der Waals surface area contributed by atoms with Crippen LogP contribution >= 0.6 is 0 Å². The Kier molecular flexibility index (Phi) is 10.5. The molecule has 0 bridgehead atoms. The Morgan fingerprint density at radius 3 is 1.76 bits per heavy atom. The van der Waals surface area contributed by atoms with Gasteiger partial charge in [0.15, 0.2) is 6.10 Å². The van der Waals surface area contributed by atoms with Crippen LogP contribution in [0.5, 0.6) is 0 Å². The van der Waals surface area contributed by atoms with Crippen molar-refractivity contribution in [1.82, 2.24) is 10.4 Å². The summed E-state index contributed by atoms with van der Waals surface area (Å²) in [5.41, 5.74) is 4.51. The van der Waals surface area contributed by atoms with Crippen LogP contribution in [0.2, 0.25) is 0 Å². The largest absolute Gasteiger partial charge is 0.464 e. The van der Waals surface area contributed by atoms with Crippen molar-refractivity contribution in [2.45, 2.75) is 38.7 Å². The Labute approximate surface area is 215 Å². The van der Waals surface area contributed by atoms with Gasteiger partial charge in [0, 0.05) is 0 Å². The molecule has 0 saturated carbocycles. The highest BCUT2D eigenvalue weighted by Crippen LogP contribution is 2.16. The highest BCUT2D eigenvalue weighted by atomic mass is 16.6. The molecule has 3 aromatic carbocycles. The lowest BCUT2D eigenvalue weighted by Crippen LogP contribution is -2.58. The van der Waals surface area contributed by atoms with E-state index in [1.807, 2.05) is 18.2 Å². The monoisotopic (exact) mass is 506 g/mol. The maximum absolute atomic E-state index is 13.2. The normalized spacial score (nSPS) is 12.1. The van der Waals surface area contributed by atoms with Gasteiger partial charge in [-0.3, -0.25) is 0 Å². The van der Waals surface area contributed by atoms with Crippen LogP contribution in [0.25, 0.3) is 0 Å². The predicted octanol–water partition coefficient (Wildman–Crippen LogP) is 4.00. The second-order valence-corrected chi connectivity index (χ2v) is 8.04. The van der Waals surface area contributed by atoms with E-state index in [9.17, 15) is 19.5 Å². The first-order chi connectivity index (χ1) is 18.0. The Hall–Kier alpha value is -4.37. The lowest BCUT2D eigenvalue weighted by molar-refractivity contribution is -0.157. The molecule has 2 N–H and O–H groups in total. The number of nitrogens with zero attached hydrogens (tertiary/aromatic N) is 1.